The fraction of sp³-hybridized carbons (Fsp3) is 0.133. The molecule has 26 heavy (non-hydrogen) atoms. The number of carbonyl (C=O) groups excluding carboxylic acids is 2. The van der Waals surface area contributed by atoms with Gasteiger partial charge in [0.15, 0.2) is 0 Å². The Labute approximate surface area is 154 Å². The average molecular weight is 431 g/mol. The minimum absolute atomic E-state index is 0.0643. The van der Waals surface area contributed by atoms with E-state index in [1.54, 1.807) is 0 Å². The molecule has 1 heterocycles. The van der Waals surface area contributed by atoms with Crippen LogP contribution in [-0.4, -0.2) is 33.7 Å². The fourth-order valence-corrected chi connectivity index (χ4v) is 2.49. The third-order valence-corrected chi connectivity index (χ3v) is 3.78. The van der Waals surface area contributed by atoms with Crippen LogP contribution < -0.4 is 16.1 Å². The van der Waals surface area contributed by atoms with Gasteiger partial charge in [-0.05, 0) is 41.1 Å². The smallest absolute Gasteiger partial charge is 0.405 e. The van der Waals surface area contributed by atoms with Crippen molar-refractivity contribution in [3.63, 3.8) is 0 Å². The Morgan fingerprint density at radius 1 is 1.19 bits per heavy atom. The van der Waals surface area contributed by atoms with Crippen LogP contribution >= 0.6 is 15.9 Å². The van der Waals surface area contributed by atoms with Crippen LogP contribution in [0.15, 0.2) is 34.9 Å². The van der Waals surface area contributed by atoms with Crippen molar-refractivity contribution in [2.75, 3.05) is 10.7 Å². The number of hydrogen-bond acceptors (Lipinski definition) is 3. The van der Waals surface area contributed by atoms with E-state index in [1.807, 2.05) is 5.32 Å². The number of hydrogen-bond donors (Lipinski definition) is 4. The molecule has 0 saturated carbocycles. The van der Waals surface area contributed by atoms with E-state index in [4.69, 9.17) is 5.11 Å². The van der Waals surface area contributed by atoms with Gasteiger partial charge < -0.3 is 15.7 Å². The van der Waals surface area contributed by atoms with Crippen LogP contribution in [0.5, 0.6) is 0 Å². The van der Waals surface area contributed by atoms with Crippen molar-refractivity contribution >= 4 is 39.5 Å². The largest absolute Gasteiger partial charge is 0.465 e. The van der Waals surface area contributed by atoms with Gasteiger partial charge in [0.2, 0.25) is 0 Å². The first-order chi connectivity index (χ1) is 12.2. The van der Waals surface area contributed by atoms with Crippen molar-refractivity contribution in [1.82, 2.24) is 9.99 Å². The molecule has 0 fully saturated rings. The highest BCUT2D eigenvalue weighted by atomic mass is 79.9. The second-order valence-electron chi connectivity index (χ2n) is 5.14. The Hall–Kier alpha value is -2.95. The van der Waals surface area contributed by atoms with E-state index in [1.165, 1.54) is 19.2 Å². The normalized spacial score (nSPS) is 11.5. The molecule has 2 rings (SSSR count). The Kier molecular flexibility index (Phi) is 5.93. The van der Waals surface area contributed by atoms with Gasteiger partial charge in [-0.3, -0.25) is 19.7 Å². The Balaban J connectivity index is 2.19. The molecular weight excluding hydrogens is 418 g/mol. The second kappa shape index (κ2) is 7.95. The monoisotopic (exact) mass is 430 g/mol. The van der Waals surface area contributed by atoms with Gasteiger partial charge in [0.05, 0.1) is 4.47 Å². The van der Waals surface area contributed by atoms with Crippen LogP contribution in [0.1, 0.15) is 17.4 Å². The summed E-state index contributed by atoms with van der Waals surface area (Å²) in [4.78, 5) is 34.9. The highest BCUT2D eigenvalue weighted by Gasteiger charge is 2.21. The summed E-state index contributed by atoms with van der Waals surface area (Å²) in [6, 6.07) is 2.89. The van der Waals surface area contributed by atoms with Gasteiger partial charge in [0.25, 0.3) is 11.8 Å². The molecule has 11 heteroatoms. The predicted octanol–water partition coefficient (Wildman–Crippen LogP) is 2.51. The minimum Gasteiger partial charge on any atom is -0.465 e. The standard InChI is InChI=1S/C15H13BrF2N4O4/c1-7(19-15(25)26)13(23)21-22-3-2-11(16)12(22)14(24)20-10-5-8(17)4-9(18)6-10/h2-7,19H,1H3,(H,20,24)(H,21,23)(H,25,26). The quantitative estimate of drug-likeness (QED) is 0.583. The molecule has 1 unspecified atom stereocenters. The molecule has 3 amide bonds. The number of benzene rings is 1. The van der Waals surface area contributed by atoms with E-state index >= 15 is 0 Å². The molecule has 1 aromatic heterocycles. The van der Waals surface area contributed by atoms with Crippen molar-refractivity contribution in [1.29, 1.82) is 0 Å². The maximum atomic E-state index is 13.2. The molecule has 0 bridgehead atoms. The van der Waals surface area contributed by atoms with Gasteiger partial charge in [0.1, 0.15) is 23.4 Å². The molecule has 0 aliphatic carbocycles. The van der Waals surface area contributed by atoms with Crippen molar-refractivity contribution < 1.29 is 28.3 Å². The van der Waals surface area contributed by atoms with Crippen LogP contribution in [0.2, 0.25) is 0 Å². The molecule has 4 N–H and O–H groups in total. The van der Waals surface area contributed by atoms with Crippen LogP contribution in [0, 0.1) is 11.6 Å². The number of carboxylic acid groups (broad SMARTS) is 1. The SMILES string of the molecule is CC(NC(=O)O)C(=O)Nn1ccc(Br)c1C(=O)Nc1cc(F)cc(F)c1. The molecule has 1 aromatic carbocycles. The maximum Gasteiger partial charge on any atom is 0.405 e. The molecular formula is C15H13BrF2N4O4. The lowest BCUT2D eigenvalue weighted by atomic mass is 10.3. The lowest BCUT2D eigenvalue weighted by Gasteiger charge is -2.15. The highest BCUT2D eigenvalue weighted by molar-refractivity contribution is 9.10. The second-order valence-corrected chi connectivity index (χ2v) is 6.00. The Morgan fingerprint density at radius 2 is 1.81 bits per heavy atom. The van der Waals surface area contributed by atoms with Gasteiger partial charge >= 0.3 is 6.09 Å². The lowest BCUT2D eigenvalue weighted by molar-refractivity contribution is -0.118. The first-order valence-corrected chi connectivity index (χ1v) is 7.91. The van der Waals surface area contributed by atoms with Crippen LogP contribution in [0.4, 0.5) is 19.3 Å². The minimum atomic E-state index is -1.38. The number of aromatic nitrogens is 1. The number of nitrogens with one attached hydrogen (secondary N) is 3. The van der Waals surface area contributed by atoms with E-state index in [0.29, 0.717) is 10.5 Å². The maximum absolute atomic E-state index is 13.2. The third-order valence-electron chi connectivity index (χ3n) is 3.14. The zero-order valence-corrected chi connectivity index (χ0v) is 14.8. The van der Waals surface area contributed by atoms with Crippen LogP contribution in [-0.2, 0) is 4.79 Å². The number of halogens is 3. The molecule has 2 aromatic rings. The van der Waals surface area contributed by atoms with Crippen molar-refractivity contribution in [2.45, 2.75) is 13.0 Å². The van der Waals surface area contributed by atoms with E-state index in [2.05, 4.69) is 26.7 Å². The Morgan fingerprint density at radius 3 is 2.38 bits per heavy atom. The summed E-state index contributed by atoms with van der Waals surface area (Å²) in [5.74, 6) is -3.21. The Bertz CT molecular complexity index is 851. The zero-order chi connectivity index (χ0) is 19.4. The molecule has 138 valence electrons. The predicted molar refractivity (Wildman–Crippen MR) is 91.4 cm³/mol. The average Bonchev–Trinajstić information content (AvgIpc) is 2.86. The van der Waals surface area contributed by atoms with Gasteiger partial charge in [0, 0.05) is 18.0 Å². The summed E-state index contributed by atoms with van der Waals surface area (Å²) in [5.41, 5.74) is 2.16. The number of nitrogens with zero attached hydrogens (tertiary/aromatic N) is 1. The fourth-order valence-electron chi connectivity index (χ4n) is 2.00. The summed E-state index contributed by atoms with van der Waals surface area (Å²) in [6.07, 6.45) is -0.0382. The molecule has 0 aliphatic rings. The van der Waals surface area contributed by atoms with Crippen LogP contribution in [0.25, 0.3) is 0 Å². The van der Waals surface area contributed by atoms with Crippen molar-refractivity contribution in [3.05, 3.63) is 52.3 Å². The van der Waals surface area contributed by atoms with E-state index in [0.717, 1.165) is 16.8 Å². The van der Waals surface area contributed by atoms with Gasteiger partial charge in [-0.25, -0.2) is 13.6 Å². The van der Waals surface area contributed by atoms with Gasteiger partial charge in [-0.1, -0.05) is 0 Å². The first-order valence-electron chi connectivity index (χ1n) is 7.12. The van der Waals surface area contributed by atoms with E-state index in [9.17, 15) is 23.2 Å². The molecule has 0 aliphatic heterocycles. The van der Waals surface area contributed by atoms with Crippen molar-refractivity contribution in [3.8, 4) is 0 Å². The van der Waals surface area contributed by atoms with Crippen molar-refractivity contribution in [2.24, 2.45) is 0 Å². The molecule has 8 nitrogen and oxygen atoms in total. The van der Waals surface area contributed by atoms with E-state index in [-0.39, 0.29) is 11.4 Å². The molecule has 0 radical (unpaired) electrons. The van der Waals surface area contributed by atoms with E-state index < -0.39 is 35.6 Å². The number of anilines is 1. The summed E-state index contributed by atoms with van der Waals surface area (Å²) >= 11 is 3.14. The summed E-state index contributed by atoms with van der Waals surface area (Å²) in [7, 11) is 0. The lowest BCUT2D eigenvalue weighted by Crippen LogP contribution is -2.43. The number of rotatable bonds is 5. The number of carbonyl (C=O) groups is 3. The molecule has 0 saturated heterocycles. The van der Waals surface area contributed by atoms with Gasteiger partial charge in [-0.15, -0.1) is 0 Å². The summed E-state index contributed by atoms with van der Waals surface area (Å²) < 4.78 is 27.8. The number of amides is 3. The topological polar surface area (TPSA) is 112 Å². The van der Waals surface area contributed by atoms with Crippen LogP contribution in [0.3, 0.4) is 0 Å². The molecule has 1 atom stereocenters. The van der Waals surface area contributed by atoms with Gasteiger partial charge in [-0.2, -0.15) is 0 Å². The third kappa shape index (κ3) is 4.79. The highest BCUT2D eigenvalue weighted by Crippen LogP contribution is 2.20. The first kappa shape index (κ1) is 19.4. The summed E-state index contributed by atoms with van der Waals surface area (Å²) in [6.45, 7) is 1.32. The molecule has 0 spiro atoms. The zero-order valence-electron chi connectivity index (χ0n) is 13.2. The summed E-state index contributed by atoms with van der Waals surface area (Å²) in [5, 5.41) is 12.9.